The molecule has 5 nitrogen and oxygen atoms in total. The predicted octanol–water partition coefficient (Wildman–Crippen LogP) is -0.226. The van der Waals surface area contributed by atoms with Crippen molar-refractivity contribution >= 4 is 15.7 Å². The van der Waals surface area contributed by atoms with E-state index < -0.39 is 9.84 Å². The van der Waals surface area contributed by atoms with Crippen LogP contribution in [0.4, 0.5) is 0 Å². The number of nitrogens with one attached hydrogen (secondary N) is 1. The summed E-state index contributed by atoms with van der Waals surface area (Å²) in [4.78, 5) is 13.8. The van der Waals surface area contributed by atoms with Crippen LogP contribution in [-0.4, -0.2) is 56.4 Å². The molecule has 2 aliphatic heterocycles. The first kappa shape index (κ1) is 12.8. The zero-order valence-corrected chi connectivity index (χ0v) is 11.0. The van der Waals surface area contributed by atoms with Gasteiger partial charge in [0.1, 0.15) is 0 Å². The third-order valence-corrected chi connectivity index (χ3v) is 5.46. The number of carbonyl (C=O) groups excluding carboxylic acids is 1. The first-order valence-electron chi connectivity index (χ1n) is 6.20. The van der Waals surface area contributed by atoms with Crippen LogP contribution in [-0.2, 0) is 14.6 Å². The molecule has 2 aliphatic rings. The molecule has 0 aliphatic carbocycles. The topological polar surface area (TPSA) is 66.5 Å². The molecule has 1 amide bonds. The van der Waals surface area contributed by atoms with Crippen LogP contribution in [0.3, 0.4) is 0 Å². The van der Waals surface area contributed by atoms with E-state index in [1.807, 2.05) is 0 Å². The Balaban J connectivity index is 1.95. The van der Waals surface area contributed by atoms with E-state index in [0.29, 0.717) is 6.42 Å². The molecule has 0 aromatic heterocycles. The maximum absolute atomic E-state index is 12.2. The minimum Gasteiger partial charge on any atom is -0.340 e. The van der Waals surface area contributed by atoms with Crippen LogP contribution in [0.5, 0.6) is 0 Å². The molecule has 17 heavy (non-hydrogen) atoms. The Kier molecular flexibility index (Phi) is 3.73. The van der Waals surface area contributed by atoms with Crippen LogP contribution in [0, 0.1) is 0 Å². The van der Waals surface area contributed by atoms with E-state index in [-0.39, 0.29) is 29.5 Å². The maximum Gasteiger partial charge on any atom is 0.239 e. The van der Waals surface area contributed by atoms with Crippen LogP contribution < -0.4 is 5.32 Å². The SMILES string of the molecule is CN(C(=O)C1CCCCN1)C1CCS(=O)(=O)C1. The third kappa shape index (κ3) is 2.98. The van der Waals surface area contributed by atoms with Gasteiger partial charge in [0.15, 0.2) is 9.84 Å². The molecule has 2 atom stereocenters. The lowest BCUT2D eigenvalue weighted by molar-refractivity contribution is -0.134. The summed E-state index contributed by atoms with van der Waals surface area (Å²) in [7, 11) is -1.19. The number of rotatable bonds is 2. The molecule has 0 aromatic rings. The van der Waals surface area contributed by atoms with Crippen molar-refractivity contribution in [2.45, 2.75) is 37.8 Å². The number of sulfone groups is 1. The second-order valence-electron chi connectivity index (χ2n) is 5.01. The highest BCUT2D eigenvalue weighted by Crippen LogP contribution is 2.18. The van der Waals surface area contributed by atoms with Gasteiger partial charge in [0.25, 0.3) is 0 Å². The van der Waals surface area contributed by atoms with Gasteiger partial charge < -0.3 is 10.2 Å². The first-order chi connectivity index (χ1) is 7.99. The summed E-state index contributed by atoms with van der Waals surface area (Å²) in [5, 5.41) is 3.20. The summed E-state index contributed by atoms with van der Waals surface area (Å²) < 4.78 is 22.8. The van der Waals surface area contributed by atoms with Gasteiger partial charge in [-0.05, 0) is 25.8 Å². The normalized spacial score (nSPS) is 32.3. The van der Waals surface area contributed by atoms with Gasteiger partial charge in [0.05, 0.1) is 17.5 Å². The average Bonchev–Trinajstić information content (AvgIpc) is 2.69. The maximum atomic E-state index is 12.2. The molecule has 2 saturated heterocycles. The van der Waals surface area contributed by atoms with Gasteiger partial charge in [-0.2, -0.15) is 0 Å². The summed E-state index contributed by atoms with van der Waals surface area (Å²) in [5.41, 5.74) is 0. The quantitative estimate of drug-likeness (QED) is 0.745. The van der Waals surface area contributed by atoms with Crippen molar-refractivity contribution in [3.8, 4) is 0 Å². The molecule has 2 unspecified atom stereocenters. The highest BCUT2D eigenvalue weighted by Gasteiger charge is 2.35. The summed E-state index contributed by atoms with van der Waals surface area (Å²) in [6.07, 6.45) is 3.63. The predicted molar refractivity (Wildman–Crippen MR) is 65.5 cm³/mol. The number of hydrogen-bond acceptors (Lipinski definition) is 4. The van der Waals surface area contributed by atoms with E-state index in [0.717, 1.165) is 25.8 Å². The Morgan fingerprint density at radius 1 is 1.29 bits per heavy atom. The lowest BCUT2D eigenvalue weighted by atomic mass is 10.0. The number of nitrogens with zero attached hydrogens (tertiary/aromatic N) is 1. The zero-order chi connectivity index (χ0) is 12.5. The first-order valence-corrected chi connectivity index (χ1v) is 8.02. The van der Waals surface area contributed by atoms with E-state index in [1.54, 1.807) is 11.9 Å². The summed E-state index contributed by atoms with van der Waals surface area (Å²) >= 11 is 0. The van der Waals surface area contributed by atoms with Crippen molar-refractivity contribution in [1.82, 2.24) is 10.2 Å². The van der Waals surface area contributed by atoms with Crippen LogP contribution in [0.1, 0.15) is 25.7 Å². The molecule has 0 bridgehead atoms. The van der Waals surface area contributed by atoms with Crippen LogP contribution >= 0.6 is 0 Å². The van der Waals surface area contributed by atoms with Crippen molar-refractivity contribution in [3.05, 3.63) is 0 Å². The van der Waals surface area contributed by atoms with Gasteiger partial charge in [-0.3, -0.25) is 4.79 Å². The fourth-order valence-corrected chi connectivity index (χ4v) is 4.34. The molecule has 0 saturated carbocycles. The molecule has 2 rings (SSSR count). The van der Waals surface area contributed by atoms with Crippen molar-refractivity contribution < 1.29 is 13.2 Å². The van der Waals surface area contributed by atoms with Gasteiger partial charge in [-0.25, -0.2) is 8.42 Å². The molecule has 2 heterocycles. The van der Waals surface area contributed by atoms with Crippen molar-refractivity contribution in [2.75, 3.05) is 25.1 Å². The minimum absolute atomic E-state index is 0.0480. The Labute approximate surface area is 102 Å². The number of likely N-dealkylation sites (N-methyl/N-ethyl adjacent to an activating group) is 1. The molecular weight excluding hydrogens is 240 g/mol. The van der Waals surface area contributed by atoms with E-state index in [9.17, 15) is 13.2 Å². The average molecular weight is 260 g/mol. The Bertz CT molecular complexity index is 388. The lowest BCUT2D eigenvalue weighted by Gasteiger charge is -2.30. The van der Waals surface area contributed by atoms with Gasteiger partial charge in [0.2, 0.25) is 5.91 Å². The molecule has 0 radical (unpaired) electrons. The van der Waals surface area contributed by atoms with Crippen LogP contribution in [0.2, 0.25) is 0 Å². The Morgan fingerprint density at radius 2 is 2.06 bits per heavy atom. The molecule has 0 spiro atoms. The van der Waals surface area contributed by atoms with Crippen LogP contribution in [0.15, 0.2) is 0 Å². The summed E-state index contributed by atoms with van der Waals surface area (Å²) in [6, 6.07) is -0.242. The monoisotopic (exact) mass is 260 g/mol. The highest BCUT2D eigenvalue weighted by molar-refractivity contribution is 7.91. The molecule has 2 fully saturated rings. The fourth-order valence-electron chi connectivity index (χ4n) is 2.57. The zero-order valence-electron chi connectivity index (χ0n) is 10.2. The summed E-state index contributed by atoms with van der Waals surface area (Å²) in [5.74, 6) is 0.391. The molecule has 98 valence electrons. The third-order valence-electron chi connectivity index (χ3n) is 3.71. The van der Waals surface area contributed by atoms with Crippen molar-refractivity contribution in [2.24, 2.45) is 0 Å². The van der Waals surface area contributed by atoms with Crippen molar-refractivity contribution in [3.63, 3.8) is 0 Å². The minimum atomic E-state index is -2.92. The summed E-state index contributed by atoms with van der Waals surface area (Å²) in [6.45, 7) is 0.882. The lowest BCUT2D eigenvalue weighted by Crippen LogP contribution is -2.50. The molecule has 6 heteroatoms. The van der Waals surface area contributed by atoms with E-state index in [2.05, 4.69) is 5.32 Å². The molecule has 1 N–H and O–H groups in total. The second-order valence-corrected chi connectivity index (χ2v) is 7.24. The number of amides is 1. The van der Waals surface area contributed by atoms with E-state index >= 15 is 0 Å². The smallest absolute Gasteiger partial charge is 0.239 e. The molecule has 0 aromatic carbocycles. The van der Waals surface area contributed by atoms with Crippen molar-refractivity contribution in [1.29, 1.82) is 0 Å². The largest absolute Gasteiger partial charge is 0.340 e. The second kappa shape index (κ2) is 4.94. The number of hydrogen-bond donors (Lipinski definition) is 1. The Hall–Kier alpha value is -0.620. The van der Waals surface area contributed by atoms with Gasteiger partial charge in [-0.1, -0.05) is 6.42 Å². The van der Waals surface area contributed by atoms with Crippen LogP contribution in [0.25, 0.3) is 0 Å². The molecular formula is C11H20N2O3S. The van der Waals surface area contributed by atoms with E-state index in [1.165, 1.54) is 0 Å². The van der Waals surface area contributed by atoms with Gasteiger partial charge >= 0.3 is 0 Å². The van der Waals surface area contributed by atoms with E-state index in [4.69, 9.17) is 0 Å². The number of carbonyl (C=O) groups is 1. The van der Waals surface area contributed by atoms with Gasteiger partial charge in [0, 0.05) is 13.1 Å². The fraction of sp³-hybridized carbons (Fsp3) is 0.909. The van der Waals surface area contributed by atoms with Gasteiger partial charge in [-0.15, -0.1) is 0 Å². The Morgan fingerprint density at radius 3 is 2.59 bits per heavy atom. The number of piperidine rings is 1. The standard InChI is InChI=1S/C11H20N2O3S/c1-13(9-5-7-17(15,16)8-9)11(14)10-4-2-3-6-12-10/h9-10,12H,2-8H2,1H3. The highest BCUT2D eigenvalue weighted by atomic mass is 32.2.